The van der Waals surface area contributed by atoms with Crippen LogP contribution in [-0.2, 0) is 38.4 Å². The van der Waals surface area contributed by atoms with Crippen LogP contribution in [0.2, 0.25) is 0 Å². The van der Waals surface area contributed by atoms with Gasteiger partial charge in [-0.2, -0.15) is 0 Å². The molecule has 2 aliphatic heterocycles. The van der Waals surface area contributed by atoms with Gasteiger partial charge in [0.05, 0.1) is 6.61 Å². The number of phosphoric ester groups is 1. The van der Waals surface area contributed by atoms with Gasteiger partial charge in [0.1, 0.15) is 18.5 Å². The summed E-state index contributed by atoms with van der Waals surface area (Å²) in [5.41, 5.74) is 1.69. The number of aromatic nitrogens is 4. The number of anilines is 1. The van der Waals surface area contributed by atoms with E-state index in [9.17, 15) is 19.0 Å². The molecule has 0 saturated carbocycles. The van der Waals surface area contributed by atoms with Gasteiger partial charge in [-0.15, -0.1) is 0 Å². The first-order valence-electron chi connectivity index (χ1n) is 13.0. The fourth-order valence-corrected chi connectivity index (χ4v) is 6.46. The van der Waals surface area contributed by atoms with E-state index in [0.717, 1.165) is 5.56 Å². The van der Waals surface area contributed by atoms with E-state index in [4.69, 9.17) is 23.5 Å². The van der Waals surface area contributed by atoms with Crippen molar-refractivity contribution in [3.63, 3.8) is 0 Å². The van der Waals surface area contributed by atoms with Crippen LogP contribution in [0.4, 0.5) is 5.82 Å². The molecule has 0 spiro atoms. The summed E-state index contributed by atoms with van der Waals surface area (Å²) >= 11 is 1.39. The number of hydrogen-bond donors (Lipinski definition) is 2. The quantitative estimate of drug-likeness (QED) is 0.144. The maximum absolute atomic E-state index is 12.6. The van der Waals surface area contributed by atoms with Crippen LogP contribution in [0.25, 0.3) is 11.2 Å². The molecule has 2 fully saturated rings. The summed E-state index contributed by atoms with van der Waals surface area (Å²) in [4.78, 5) is 48.5. The Kier molecular flexibility index (Phi) is 11.0. The number of carbonyl (C=O) groups is 2. The minimum atomic E-state index is -4.37. The number of thioether (sulfide) groups is 1. The summed E-state index contributed by atoms with van der Waals surface area (Å²) in [6.07, 6.45) is -1.02. The molecule has 2 saturated heterocycles. The molecule has 41 heavy (non-hydrogen) atoms. The van der Waals surface area contributed by atoms with Gasteiger partial charge in [-0.3, -0.25) is 23.2 Å². The molecule has 4 heterocycles. The van der Waals surface area contributed by atoms with Crippen molar-refractivity contribution in [3.05, 3.63) is 42.2 Å². The van der Waals surface area contributed by atoms with Crippen molar-refractivity contribution in [3.8, 4) is 0 Å². The molecule has 2 aliphatic rings. The van der Waals surface area contributed by atoms with Crippen molar-refractivity contribution < 1.29 is 67.1 Å². The van der Waals surface area contributed by atoms with Gasteiger partial charge in [0.25, 0.3) is 0 Å². The zero-order valence-corrected chi connectivity index (χ0v) is 26.7. The number of amides is 1. The summed E-state index contributed by atoms with van der Waals surface area (Å²) < 4.78 is 36.3. The molecular weight excluding hydrogens is 584 g/mol. The first kappa shape index (κ1) is 32.1. The second-order valence-electron chi connectivity index (χ2n) is 9.34. The number of benzene rings is 1. The first-order chi connectivity index (χ1) is 19.3. The third-order valence-corrected chi connectivity index (χ3v) is 8.32. The molecular formula is C25H30N5NaO8PS+. The van der Waals surface area contributed by atoms with E-state index in [1.54, 1.807) is 4.57 Å². The standard InChI is InChI=1S/C25H30N5O8PS.Na/c1-3-8-17(31)28-22-19-23(27-14-26-22)30(25(29-19)40-13-15-10-6-5-7-11-15)24-21(37-18(32)9-4-2)20-16(36-24)12-35-39(33,34)38-20;/h5-7,10-11,14,16,20-21,24H,3-4,8-9,12-13H2,1-2H3,(H,33,34)(H,26,27,28,31);/q;+1. The normalized spacial score (nSPS) is 25.3. The van der Waals surface area contributed by atoms with Gasteiger partial charge >= 0.3 is 43.3 Å². The van der Waals surface area contributed by atoms with E-state index in [0.29, 0.717) is 41.3 Å². The molecule has 0 bridgehead atoms. The van der Waals surface area contributed by atoms with Gasteiger partial charge in [-0.25, -0.2) is 19.5 Å². The summed E-state index contributed by atoms with van der Waals surface area (Å²) in [6.45, 7) is 3.51. The summed E-state index contributed by atoms with van der Waals surface area (Å²) in [7, 11) is -4.37. The third-order valence-electron chi connectivity index (χ3n) is 6.31. The maximum atomic E-state index is 12.6. The van der Waals surface area contributed by atoms with E-state index in [2.05, 4.69) is 15.3 Å². The molecule has 5 rings (SSSR count). The van der Waals surface area contributed by atoms with Crippen LogP contribution in [-0.4, -0.2) is 61.2 Å². The average Bonchev–Trinajstić information content (AvgIpc) is 3.46. The Balaban J connectivity index is 0.00000387. The maximum Gasteiger partial charge on any atom is 1.00 e. The van der Waals surface area contributed by atoms with Crippen molar-refractivity contribution in [1.82, 2.24) is 19.5 Å². The molecule has 0 radical (unpaired) electrons. The Bertz CT molecular complexity index is 1430. The van der Waals surface area contributed by atoms with Crippen LogP contribution >= 0.6 is 19.6 Å². The van der Waals surface area contributed by atoms with Gasteiger partial charge in [-0.05, 0) is 18.4 Å². The molecule has 0 aliphatic carbocycles. The number of carbonyl (C=O) groups excluding carboxylic acids is 2. The van der Waals surface area contributed by atoms with E-state index in [1.807, 2.05) is 44.2 Å². The summed E-state index contributed by atoms with van der Waals surface area (Å²) in [6, 6.07) is 9.76. The molecule has 2 aromatic heterocycles. The minimum Gasteiger partial charge on any atom is -0.455 e. The van der Waals surface area contributed by atoms with Gasteiger partial charge in [0, 0.05) is 18.6 Å². The molecule has 214 valence electrons. The minimum absolute atomic E-state index is 0. The number of hydrogen-bond acceptors (Lipinski definition) is 11. The average molecular weight is 615 g/mol. The molecule has 5 unspecified atom stereocenters. The van der Waals surface area contributed by atoms with Crippen molar-refractivity contribution in [2.45, 2.75) is 75.0 Å². The number of phosphoric acid groups is 1. The Labute approximate surface area is 263 Å². The fourth-order valence-electron chi connectivity index (χ4n) is 4.52. The third kappa shape index (κ3) is 7.38. The van der Waals surface area contributed by atoms with E-state index in [1.165, 1.54) is 18.1 Å². The summed E-state index contributed by atoms with van der Waals surface area (Å²) in [5.74, 6) is 0.0579. The van der Waals surface area contributed by atoms with Crippen LogP contribution in [0, 0.1) is 0 Å². The molecule has 1 aromatic carbocycles. The Hall–Kier alpha value is -1.87. The first-order valence-corrected chi connectivity index (χ1v) is 15.5. The summed E-state index contributed by atoms with van der Waals surface area (Å²) in [5, 5.41) is 3.25. The molecule has 16 heteroatoms. The van der Waals surface area contributed by atoms with Crippen LogP contribution in [0.5, 0.6) is 0 Å². The Morgan fingerprint density at radius 1 is 1.20 bits per heavy atom. The van der Waals surface area contributed by atoms with Gasteiger partial charge in [0.15, 0.2) is 34.5 Å². The Morgan fingerprint density at radius 3 is 2.68 bits per heavy atom. The number of ether oxygens (including phenoxy) is 2. The predicted molar refractivity (Wildman–Crippen MR) is 144 cm³/mol. The zero-order chi connectivity index (χ0) is 28.3. The topological polar surface area (TPSA) is 164 Å². The predicted octanol–water partition coefficient (Wildman–Crippen LogP) is 0.986. The van der Waals surface area contributed by atoms with E-state index < -0.39 is 38.3 Å². The van der Waals surface area contributed by atoms with Crippen molar-refractivity contribution >= 4 is 48.4 Å². The van der Waals surface area contributed by atoms with Gasteiger partial charge in [-0.1, -0.05) is 55.9 Å². The fraction of sp³-hybridized carbons (Fsp3) is 0.480. The monoisotopic (exact) mass is 614 g/mol. The molecule has 13 nitrogen and oxygen atoms in total. The molecule has 5 atom stereocenters. The van der Waals surface area contributed by atoms with Crippen molar-refractivity contribution in [2.75, 3.05) is 11.9 Å². The molecule has 2 N–H and O–H groups in total. The van der Waals surface area contributed by atoms with Gasteiger partial charge < -0.3 is 19.7 Å². The van der Waals surface area contributed by atoms with Crippen LogP contribution in [0.15, 0.2) is 41.8 Å². The largest absolute Gasteiger partial charge is 1.00 e. The SMILES string of the molecule is CCCC(=O)Nc1ncnc2c1nc(SCc1ccccc1)n2C1OC2COP(=O)(O)OC2C1OC(=O)CCC.[Na+]. The van der Waals surface area contributed by atoms with Gasteiger partial charge in [0.2, 0.25) is 5.91 Å². The van der Waals surface area contributed by atoms with Crippen molar-refractivity contribution in [2.24, 2.45) is 0 Å². The smallest absolute Gasteiger partial charge is 0.455 e. The second-order valence-corrected chi connectivity index (χ2v) is 11.7. The number of rotatable bonds is 10. The number of imidazole rings is 1. The molecule has 3 aromatic rings. The number of nitrogens with zero attached hydrogens (tertiary/aromatic N) is 4. The van der Waals surface area contributed by atoms with Crippen LogP contribution in [0.3, 0.4) is 0 Å². The number of esters is 1. The second kappa shape index (κ2) is 14.1. The number of nitrogens with one attached hydrogen (secondary N) is 1. The zero-order valence-electron chi connectivity index (χ0n) is 23.0. The van der Waals surface area contributed by atoms with E-state index in [-0.39, 0.29) is 54.3 Å². The van der Waals surface area contributed by atoms with Crippen LogP contribution in [0.1, 0.15) is 51.3 Å². The van der Waals surface area contributed by atoms with E-state index >= 15 is 0 Å². The van der Waals surface area contributed by atoms with Crippen molar-refractivity contribution in [1.29, 1.82) is 0 Å². The number of fused-ring (bicyclic) bond motifs is 2. The molecule has 1 amide bonds. The van der Waals surface area contributed by atoms with Crippen LogP contribution < -0.4 is 34.9 Å². The Morgan fingerprint density at radius 2 is 1.95 bits per heavy atom.